The SMILES string of the molecule is CC1CC1CN(C)c1ccc(C(=O)O)c(N)c1. The molecule has 4 nitrogen and oxygen atoms in total. The van der Waals surface area contributed by atoms with Crippen molar-refractivity contribution >= 4 is 17.3 Å². The predicted octanol–water partition coefficient (Wildman–Crippen LogP) is 2.06. The van der Waals surface area contributed by atoms with Crippen LogP contribution in [0.1, 0.15) is 23.7 Å². The molecule has 1 aromatic rings. The van der Waals surface area contributed by atoms with Crippen LogP contribution in [0.3, 0.4) is 0 Å². The largest absolute Gasteiger partial charge is 0.478 e. The van der Waals surface area contributed by atoms with Gasteiger partial charge in [0.15, 0.2) is 0 Å². The highest BCUT2D eigenvalue weighted by Crippen LogP contribution is 2.38. The van der Waals surface area contributed by atoms with Crippen molar-refractivity contribution in [3.63, 3.8) is 0 Å². The van der Waals surface area contributed by atoms with E-state index in [4.69, 9.17) is 10.8 Å². The second kappa shape index (κ2) is 4.28. The van der Waals surface area contributed by atoms with Gasteiger partial charge in [0.2, 0.25) is 0 Å². The molecule has 0 aromatic heterocycles. The molecule has 1 saturated carbocycles. The lowest BCUT2D eigenvalue weighted by molar-refractivity contribution is 0.0698. The zero-order valence-corrected chi connectivity index (χ0v) is 10.2. The molecule has 2 atom stereocenters. The molecule has 0 radical (unpaired) electrons. The summed E-state index contributed by atoms with van der Waals surface area (Å²) in [5, 5.41) is 8.89. The van der Waals surface area contributed by atoms with E-state index in [9.17, 15) is 4.79 Å². The number of nitrogen functional groups attached to an aromatic ring is 1. The van der Waals surface area contributed by atoms with E-state index < -0.39 is 5.97 Å². The summed E-state index contributed by atoms with van der Waals surface area (Å²) in [7, 11) is 2.01. The lowest BCUT2D eigenvalue weighted by Crippen LogP contribution is -2.20. The lowest BCUT2D eigenvalue weighted by atomic mass is 10.1. The second-order valence-corrected chi connectivity index (χ2v) is 4.93. The van der Waals surface area contributed by atoms with Gasteiger partial charge >= 0.3 is 5.97 Å². The Hall–Kier alpha value is -1.71. The molecule has 0 bridgehead atoms. The van der Waals surface area contributed by atoms with Gasteiger partial charge in [-0.1, -0.05) is 6.92 Å². The number of benzene rings is 1. The molecule has 3 N–H and O–H groups in total. The van der Waals surface area contributed by atoms with Crippen molar-refractivity contribution in [1.29, 1.82) is 0 Å². The van der Waals surface area contributed by atoms with E-state index in [1.165, 1.54) is 6.42 Å². The number of carboxylic acid groups (broad SMARTS) is 1. The minimum Gasteiger partial charge on any atom is -0.478 e. The minimum atomic E-state index is -0.979. The van der Waals surface area contributed by atoms with Crippen LogP contribution in [0.25, 0.3) is 0 Å². The van der Waals surface area contributed by atoms with Crippen LogP contribution in [-0.2, 0) is 0 Å². The van der Waals surface area contributed by atoms with Gasteiger partial charge in [-0.25, -0.2) is 4.79 Å². The first-order valence-corrected chi connectivity index (χ1v) is 5.83. The molecule has 0 saturated heterocycles. The van der Waals surface area contributed by atoms with Crippen LogP contribution in [-0.4, -0.2) is 24.7 Å². The number of hydrogen-bond donors (Lipinski definition) is 2. The molecule has 4 heteroatoms. The first-order chi connectivity index (χ1) is 7.99. The van der Waals surface area contributed by atoms with Crippen molar-refractivity contribution in [2.75, 3.05) is 24.2 Å². The summed E-state index contributed by atoms with van der Waals surface area (Å²) in [4.78, 5) is 13.0. The Morgan fingerprint density at radius 3 is 2.71 bits per heavy atom. The Labute approximate surface area is 101 Å². The van der Waals surface area contributed by atoms with Crippen molar-refractivity contribution in [2.24, 2.45) is 11.8 Å². The summed E-state index contributed by atoms with van der Waals surface area (Å²) in [6.07, 6.45) is 1.28. The van der Waals surface area contributed by atoms with Crippen LogP contribution in [0.2, 0.25) is 0 Å². The quantitative estimate of drug-likeness (QED) is 0.782. The van der Waals surface area contributed by atoms with E-state index in [0.717, 1.165) is 24.1 Å². The Morgan fingerprint density at radius 2 is 2.24 bits per heavy atom. The Morgan fingerprint density at radius 1 is 1.59 bits per heavy atom. The molecule has 0 amide bonds. The Balaban J connectivity index is 2.10. The van der Waals surface area contributed by atoms with Crippen LogP contribution in [0.5, 0.6) is 0 Å². The topological polar surface area (TPSA) is 66.6 Å². The van der Waals surface area contributed by atoms with Crippen LogP contribution in [0.4, 0.5) is 11.4 Å². The first-order valence-electron chi connectivity index (χ1n) is 5.83. The molecule has 1 aliphatic carbocycles. The summed E-state index contributed by atoms with van der Waals surface area (Å²) in [6.45, 7) is 3.26. The molecule has 2 unspecified atom stereocenters. The monoisotopic (exact) mass is 234 g/mol. The van der Waals surface area contributed by atoms with Gasteiger partial charge in [0, 0.05) is 25.0 Å². The molecular weight excluding hydrogens is 216 g/mol. The van der Waals surface area contributed by atoms with Gasteiger partial charge in [0.25, 0.3) is 0 Å². The third-order valence-corrected chi connectivity index (χ3v) is 3.49. The fraction of sp³-hybridized carbons (Fsp3) is 0.462. The molecule has 1 aliphatic rings. The first kappa shape index (κ1) is 11.8. The maximum Gasteiger partial charge on any atom is 0.337 e. The number of nitrogens with two attached hydrogens (primary N) is 1. The van der Waals surface area contributed by atoms with E-state index in [2.05, 4.69) is 11.8 Å². The van der Waals surface area contributed by atoms with Crippen LogP contribution >= 0.6 is 0 Å². The van der Waals surface area contributed by atoms with Crippen molar-refractivity contribution in [3.8, 4) is 0 Å². The normalized spacial score (nSPS) is 22.2. The van der Waals surface area contributed by atoms with Crippen molar-refractivity contribution in [1.82, 2.24) is 0 Å². The molecule has 92 valence electrons. The molecule has 0 aliphatic heterocycles. The number of carboxylic acids is 1. The number of carbonyl (C=O) groups is 1. The predicted molar refractivity (Wildman–Crippen MR) is 68.4 cm³/mol. The third-order valence-electron chi connectivity index (χ3n) is 3.49. The third kappa shape index (κ3) is 2.52. The van der Waals surface area contributed by atoms with Crippen molar-refractivity contribution < 1.29 is 9.90 Å². The zero-order valence-electron chi connectivity index (χ0n) is 10.2. The fourth-order valence-electron chi connectivity index (χ4n) is 2.09. The zero-order chi connectivity index (χ0) is 12.6. The second-order valence-electron chi connectivity index (χ2n) is 4.93. The number of hydrogen-bond acceptors (Lipinski definition) is 3. The van der Waals surface area contributed by atoms with E-state index in [0.29, 0.717) is 5.69 Å². The van der Waals surface area contributed by atoms with Crippen LogP contribution in [0.15, 0.2) is 18.2 Å². The minimum absolute atomic E-state index is 0.168. The van der Waals surface area contributed by atoms with Crippen LogP contribution < -0.4 is 10.6 Å². The van der Waals surface area contributed by atoms with Gasteiger partial charge in [0.1, 0.15) is 0 Å². The van der Waals surface area contributed by atoms with Crippen molar-refractivity contribution in [2.45, 2.75) is 13.3 Å². The smallest absolute Gasteiger partial charge is 0.337 e. The summed E-state index contributed by atoms with van der Waals surface area (Å²) in [5.74, 6) is 0.598. The number of rotatable bonds is 4. The van der Waals surface area contributed by atoms with Gasteiger partial charge in [0.05, 0.1) is 5.56 Å². The highest BCUT2D eigenvalue weighted by Gasteiger charge is 2.33. The maximum absolute atomic E-state index is 10.8. The van der Waals surface area contributed by atoms with Gasteiger partial charge < -0.3 is 15.7 Å². The van der Waals surface area contributed by atoms with Gasteiger partial charge in [-0.15, -0.1) is 0 Å². The highest BCUT2D eigenvalue weighted by atomic mass is 16.4. The van der Waals surface area contributed by atoms with Crippen molar-refractivity contribution in [3.05, 3.63) is 23.8 Å². The summed E-state index contributed by atoms with van der Waals surface area (Å²) in [6, 6.07) is 5.11. The van der Waals surface area contributed by atoms with E-state index >= 15 is 0 Å². The number of anilines is 2. The lowest BCUT2D eigenvalue weighted by Gasteiger charge is -2.20. The molecule has 0 spiro atoms. The maximum atomic E-state index is 10.8. The van der Waals surface area contributed by atoms with Gasteiger partial charge in [-0.2, -0.15) is 0 Å². The number of aromatic carboxylic acids is 1. The number of nitrogens with zero attached hydrogens (tertiary/aromatic N) is 1. The molecule has 1 fully saturated rings. The molecule has 17 heavy (non-hydrogen) atoms. The standard InChI is InChI=1S/C13H18N2O2/c1-8-5-9(8)7-15(2)10-3-4-11(13(16)17)12(14)6-10/h3-4,6,8-9H,5,7,14H2,1-2H3,(H,16,17). The fourth-order valence-corrected chi connectivity index (χ4v) is 2.09. The summed E-state index contributed by atoms with van der Waals surface area (Å²) < 4.78 is 0. The van der Waals surface area contributed by atoms with Crippen LogP contribution in [0, 0.1) is 11.8 Å². The van der Waals surface area contributed by atoms with E-state index in [1.807, 2.05) is 13.1 Å². The molecule has 2 rings (SSSR count). The van der Waals surface area contributed by atoms with Gasteiger partial charge in [-0.3, -0.25) is 0 Å². The van der Waals surface area contributed by atoms with E-state index in [-0.39, 0.29) is 5.56 Å². The summed E-state index contributed by atoms with van der Waals surface area (Å²) >= 11 is 0. The van der Waals surface area contributed by atoms with E-state index in [1.54, 1.807) is 12.1 Å². The Bertz CT molecular complexity index is 445. The Kier molecular flexibility index (Phi) is 2.96. The average molecular weight is 234 g/mol. The highest BCUT2D eigenvalue weighted by molar-refractivity contribution is 5.94. The molecule has 0 heterocycles. The molecule has 1 aromatic carbocycles. The average Bonchev–Trinajstić information content (AvgIpc) is 2.93. The molecular formula is C13H18N2O2. The van der Waals surface area contributed by atoms with Gasteiger partial charge in [-0.05, 0) is 36.5 Å². The summed E-state index contributed by atoms with van der Waals surface area (Å²) in [5.41, 5.74) is 7.20.